The molecule has 2 aromatic heterocycles. The van der Waals surface area contributed by atoms with Crippen molar-refractivity contribution in [3.8, 4) is 0 Å². The van der Waals surface area contributed by atoms with Gasteiger partial charge in [-0.2, -0.15) is 5.10 Å². The monoisotopic (exact) mass is 264 g/mol. The van der Waals surface area contributed by atoms with E-state index >= 15 is 0 Å². The third kappa shape index (κ3) is 2.65. The summed E-state index contributed by atoms with van der Waals surface area (Å²) < 4.78 is 12.9. The average Bonchev–Trinajstić information content (AvgIpc) is 2.86. The molecule has 0 unspecified atom stereocenters. The van der Waals surface area contributed by atoms with Gasteiger partial charge >= 0.3 is 0 Å². The second-order valence-electron chi connectivity index (χ2n) is 3.49. The van der Waals surface area contributed by atoms with Gasteiger partial charge in [0.2, 0.25) is 0 Å². The predicted molar refractivity (Wildman–Crippen MR) is 63.2 cm³/mol. The number of pyridine rings is 1. The van der Waals surface area contributed by atoms with Gasteiger partial charge < -0.3 is 16.3 Å². The molecular formula is C10H9FN6O2. The highest BCUT2D eigenvalue weighted by molar-refractivity contribution is 6.08. The first-order chi connectivity index (χ1) is 9.11. The maximum absolute atomic E-state index is 12.9. The van der Waals surface area contributed by atoms with Crippen molar-refractivity contribution in [3.63, 3.8) is 0 Å². The molecule has 8 nitrogen and oxygen atoms in total. The number of H-pyrrole nitrogens is 1. The van der Waals surface area contributed by atoms with Gasteiger partial charge in [-0.1, -0.05) is 5.16 Å². The van der Waals surface area contributed by atoms with E-state index in [9.17, 15) is 9.18 Å². The van der Waals surface area contributed by atoms with Crippen LogP contribution in [0, 0.1) is 5.82 Å². The van der Waals surface area contributed by atoms with Crippen molar-refractivity contribution in [2.75, 3.05) is 5.32 Å². The number of oxime groups is 1. The maximum atomic E-state index is 12.9. The molecule has 2 rings (SSSR count). The first kappa shape index (κ1) is 12.5. The number of aromatic amines is 1. The molecule has 0 aliphatic carbocycles. The Morgan fingerprint density at radius 1 is 1.47 bits per heavy atom. The molecule has 0 spiro atoms. The summed E-state index contributed by atoms with van der Waals surface area (Å²) in [4.78, 5) is 15.4. The number of aromatic nitrogens is 3. The molecule has 98 valence electrons. The van der Waals surface area contributed by atoms with Gasteiger partial charge in [0.15, 0.2) is 5.84 Å². The fourth-order valence-electron chi connectivity index (χ4n) is 1.35. The van der Waals surface area contributed by atoms with E-state index in [0.717, 1.165) is 12.3 Å². The summed E-state index contributed by atoms with van der Waals surface area (Å²) in [6.07, 6.45) is 3.46. The highest BCUT2D eigenvalue weighted by atomic mass is 19.1. The molecule has 2 aromatic rings. The number of amidine groups is 1. The molecule has 1 amide bonds. The second-order valence-corrected chi connectivity index (χ2v) is 3.49. The standard InChI is InChI=1S/C10H9FN6O2/c11-6-1-5(2-13-3-6)10(18)15-9-7(4-14-16-9)8(12)17-19/h1-4,19H,(H2,12,17)(H2,14,15,16,18). The highest BCUT2D eigenvalue weighted by Crippen LogP contribution is 2.12. The van der Waals surface area contributed by atoms with Crippen LogP contribution in [-0.4, -0.2) is 32.1 Å². The van der Waals surface area contributed by atoms with E-state index in [2.05, 4.69) is 25.7 Å². The van der Waals surface area contributed by atoms with Crippen molar-refractivity contribution in [2.45, 2.75) is 0 Å². The van der Waals surface area contributed by atoms with Crippen molar-refractivity contribution in [1.82, 2.24) is 15.2 Å². The summed E-state index contributed by atoms with van der Waals surface area (Å²) in [5, 5.41) is 19.9. The number of nitrogens with one attached hydrogen (secondary N) is 2. The van der Waals surface area contributed by atoms with Crippen molar-refractivity contribution < 1.29 is 14.4 Å². The summed E-state index contributed by atoms with van der Waals surface area (Å²) in [6.45, 7) is 0. The fourth-order valence-corrected chi connectivity index (χ4v) is 1.35. The third-order valence-corrected chi connectivity index (χ3v) is 2.23. The van der Waals surface area contributed by atoms with Gasteiger partial charge in [-0.05, 0) is 6.07 Å². The minimum Gasteiger partial charge on any atom is -0.409 e. The van der Waals surface area contributed by atoms with E-state index in [4.69, 9.17) is 10.9 Å². The lowest BCUT2D eigenvalue weighted by Gasteiger charge is -2.04. The first-order valence-corrected chi connectivity index (χ1v) is 5.05. The van der Waals surface area contributed by atoms with E-state index in [1.165, 1.54) is 12.4 Å². The van der Waals surface area contributed by atoms with Gasteiger partial charge in [-0.25, -0.2) is 4.39 Å². The highest BCUT2D eigenvalue weighted by Gasteiger charge is 2.14. The zero-order valence-electron chi connectivity index (χ0n) is 9.46. The van der Waals surface area contributed by atoms with E-state index < -0.39 is 11.7 Å². The number of hydrogen-bond acceptors (Lipinski definition) is 5. The van der Waals surface area contributed by atoms with Gasteiger partial charge in [-0.15, -0.1) is 0 Å². The number of carbonyl (C=O) groups is 1. The van der Waals surface area contributed by atoms with Crippen LogP contribution in [0.15, 0.2) is 29.8 Å². The first-order valence-electron chi connectivity index (χ1n) is 5.05. The van der Waals surface area contributed by atoms with Crippen LogP contribution in [0.5, 0.6) is 0 Å². The Hall–Kier alpha value is -2.97. The summed E-state index contributed by atoms with van der Waals surface area (Å²) in [5.74, 6) is -1.33. The largest absolute Gasteiger partial charge is 0.409 e. The average molecular weight is 264 g/mol. The Kier molecular flexibility index (Phi) is 3.37. The van der Waals surface area contributed by atoms with E-state index in [1.807, 2.05) is 0 Å². The van der Waals surface area contributed by atoms with Crippen LogP contribution < -0.4 is 11.1 Å². The molecule has 0 atom stereocenters. The molecule has 5 N–H and O–H groups in total. The number of nitrogens with two attached hydrogens (primary N) is 1. The summed E-state index contributed by atoms with van der Waals surface area (Å²) in [7, 11) is 0. The molecule has 19 heavy (non-hydrogen) atoms. The molecule has 0 aromatic carbocycles. The summed E-state index contributed by atoms with van der Waals surface area (Å²) in [6, 6.07) is 1.03. The number of anilines is 1. The van der Waals surface area contributed by atoms with Crippen LogP contribution in [0.3, 0.4) is 0 Å². The smallest absolute Gasteiger partial charge is 0.258 e. The second kappa shape index (κ2) is 5.12. The van der Waals surface area contributed by atoms with E-state index in [-0.39, 0.29) is 22.8 Å². The molecule has 0 bridgehead atoms. The van der Waals surface area contributed by atoms with Crippen LogP contribution in [-0.2, 0) is 0 Å². The Bertz CT molecular complexity index is 638. The number of halogens is 1. The van der Waals surface area contributed by atoms with Crippen LogP contribution in [0.2, 0.25) is 0 Å². The van der Waals surface area contributed by atoms with Gasteiger partial charge in [0.05, 0.1) is 23.5 Å². The number of amides is 1. The molecular weight excluding hydrogens is 255 g/mol. The number of rotatable bonds is 3. The SMILES string of the molecule is N/C(=N/O)c1cn[nH]c1NC(=O)c1cncc(F)c1. The minimum absolute atomic E-state index is 0.0278. The Morgan fingerprint density at radius 2 is 2.26 bits per heavy atom. The van der Waals surface area contributed by atoms with Gasteiger partial charge in [0.1, 0.15) is 11.6 Å². The van der Waals surface area contributed by atoms with Crippen molar-refractivity contribution >= 4 is 17.6 Å². The van der Waals surface area contributed by atoms with Crippen LogP contribution in [0.1, 0.15) is 15.9 Å². The molecule has 0 fully saturated rings. The Labute approximate surface area is 106 Å². The number of hydrogen-bond donors (Lipinski definition) is 4. The number of carbonyl (C=O) groups excluding carboxylic acids is 1. The van der Waals surface area contributed by atoms with Crippen molar-refractivity contribution in [1.29, 1.82) is 0 Å². The lowest BCUT2D eigenvalue weighted by Crippen LogP contribution is -2.18. The van der Waals surface area contributed by atoms with E-state index in [0.29, 0.717) is 0 Å². The third-order valence-electron chi connectivity index (χ3n) is 2.23. The lowest BCUT2D eigenvalue weighted by molar-refractivity contribution is 0.102. The molecule has 9 heteroatoms. The Morgan fingerprint density at radius 3 is 2.95 bits per heavy atom. The van der Waals surface area contributed by atoms with Gasteiger partial charge in [0.25, 0.3) is 5.91 Å². The van der Waals surface area contributed by atoms with Crippen molar-refractivity contribution in [2.24, 2.45) is 10.9 Å². The molecule has 0 saturated heterocycles. The quantitative estimate of drug-likeness (QED) is 0.274. The zero-order valence-corrected chi connectivity index (χ0v) is 9.46. The lowest BCUT2D eigenvalue weighted by atomic mass is 10.2. The zero-order chi connectivity index (χ0) is 13.8. The normalized spacial score (nSPS) is 11.3. The Balaban J connectivity index is 2.23. The molecule has 0 saturated carbocycles. The van der Waals surface area contributed by atoms with Crippen LogP contribution >= 0.6 is 0 Å². The van der Waals surface area contributed by atoms with E-state index in [1.54, 1.807) is 0 Å². The topological polar surface area (TPSA) is 129 Å². The molecule has 0 radical (unpaired) electrons. The van der Waals surface area contributed by atoms with Crippen molar-refractivity contribution in [3.05, 3.63) is 41.6 Å². The fraction of sp³-hybridized carbons (Fsp3) is 0. The summed E-state index contributed by atoms with van der Waals surface area (Å²) in [5.41, 5.74) is 5.63. The van der Waals surface area contributed by atoms with Gasteiger partial charge in [-0.3, -0.25) is 14.9 Å². The molecule has 0 aliphatic heterocycles. The summed E-state index contributed by atoms with van der Waals surface area (Å²) >= 11 is 0. The predicted octanol–water partition coefficient (Wildman–Crippen LogP) is 0.291. The van der Waals surface area contributed by atoms with Gasteiger partial charge in [0, 0.05) is 6.20 Å². The molecule has 2 heterocycles. The number of nitrogens with zero attached hydrogens (tertiary/aromatic N) is 3. The molecule has 0 aliphatic rings. The van der Waals surface area contributed by atoms with Crippen LogP contribution in [0.4, 0.5) is 10.2 Å². The van der Waals surface area contributed by atoms with Crippen LogP contribution in [0.25, 0.3) is 0 Å². The maximum Gasteiger partial charge on any atom is 0.258 e. The minimum atomic E-state index is -0.631.